The van der Waals surface area contributed by atoms with Gasteiger partial charge in [0.15, 0.2) is 12.6 Å². The van der Waals surface area contributed by atoms with Crippen LogP contribution in [0.5, 0.6) is 0 Å². The Hall–Kier alpha value is -1.78. The molecule has 49 heavy (non-hydrogen) atoms. The molecule has 13 heteroatoms. The van der Waals surface area contributed by atoms with Crippen molar-refractivity contribution < 1.29 is 53.3 Å². The van der Waals surface area contributed by atoms with Crippen molar-refractivity contribution in [3.63, 3.8) is 0 Å². The Morgan fingerprint density at radius 1 is 0.918 bits per heavy atom. The lowest BCUT2D eigenvalue weighted by molar-refractivity contribution is -0.309. The maximum Gasteiger partial charge on any atom is 0.308 e. The predicted octanol–water partition coefficient (Wildman–Crippen LogP) is 2.05. The van der Waals surface area contributed by atoms with Crippen LogP contribution in [0.4, 0.5) is 0 Å². The van der Waals surface area contributed by atoms with Crippen LogP contribution in [-0.2, 0) is 38.0 Å². The molecule has 0 aromatic heterocycles. The molecule has 2 fully saturated rings. The normalized spacial score (nSPS) is 43.2. The molecule has 3 rings (SSSR count). The fraction of sp³-hybridized carbons (Fsp3) is 0.833. The van der Waals surface area contributed by atoms with E-state index in [0.29, 0.717) is 12.8 Å². The summed E-state index contributed by atoms with van der Waals surface area (Å²) in [6, 6.07) is -0.434. The van der Waals surface area contributed by atoms with Crippen LogP contribution in [0.3, 0.4) is 0 Å². The van der Waals surface area contributed by atoms with Gasteiger partial charge in [0.25, 0.3) is 0 Å². The van der Waals surface area contributed by atoms with Crippen molar-refractivity contribution in [3.8, 4) is 0 Å². The molecule has 0 saturated carbocycles. The molecule has 0 amide bonds. The molecule has 282 valence electrons. The number of cyclic esters (lactones) is 1. The van der Waals surface area contributed by atoms with Gasteiger partial charge in [0.1, 0.15) is 24.6 Å². The number of aliphatic hydroxyl groups excluding tert-OH is 3. The first kappa shape index (κ1) is 41.6. The van der Waals surface area contributed by atoms with Crippen molar-refractivity contribution in [2.75, 3.05) is 35.3 Å². The molecule has 3 aliphatic heterocycles. The van der Waals surface area contributed by atoms with Crippen LogP contribution >= 0.6 is 0 Å². The van der Waals surface area contributed by atoms with Crippen LogP contribution in [-0.4, -0.2) is 152 Å². The highest BCUT2D eigenvalue weighted by molar-refractivity contribution is 5.70. The summed E-state index contributed by atoms with van der Waals surface area (Å²) < 4.78 is 36.8. The van der Waals surface area contributed by atoms with Crippen LogP contribution in [0, 0.1) is 11.8 Å². The number of methoxy groups -OCH3 is 1. The second-order valence-electron chi connectivity index (χ2n) is 14.4. The number of aliphatic hydroxyl groups is 3. The molecule has 3 N–H and O–H groups in total. The number of rotatable bonds is 9. The number of esters is 1. The van der Waals surface area contributed by atoms with E-state index in [4.69, 9.17) is 28.4 Å². The average Bonchev–Trinajstić information content (AvgIpc) is 3.01. The minimum absolute atomic E-state index is 0.0262. The fourth-order valence-electron chi connectivity index (χ4n) is 7.35. The molecule has 2 saturated heterocycles. The first-order valence-corrected chi connectivity index (χ1v) is 17.7. The van der Waals surface area contributed by atoms with Crippen LogP contribution in [0.1, 0.15) is 66.2 Å². The van der Waals surface area contributed by atoms with Crippen molar-refractivity contribution in [1.29, 1.82) is 0 Å². The van der Waals surface area contributed by atoms with Crippen LogP contribution in [0.15, 0.2) is 24.3 Å². The van der Waals surface area contributed by atoms with E-state index in [-0.39, 0.29) is 30.9 Å². The Labute approximate surface area is 292 Å². The molecule has 15 atom stereocenters. The number of carbonyl (C=O) groups excluding carboxylic acids is 2. The van der Waals surface area contributed by atoms with E-state index in [2.05, 4.69) is 11.8 Å². The Morgan fingerprint density at radius 3 is 2.24 bits per heavy atom. The average molecular weight is 699 g/mol. The number of ether oxygens (including phenoxy) is 6. The van der Waals surface area contributed by atoms with E-state index in [0.717, 1.165) is 19.1 Å². The summed E-state index contributed by atoms with van der Waals surface area (Å²) >= 11 is 0. The largest absolute Gasteiger partial charge is 0.462 e. The summed E-state index contributed by atoms with van der Waals surface area (Å²) in [5.74, 6) is -1.35. The zero-order valence-corrected chi connectivity index (χ0v) is 30.8. The van der Waals surface area contributed by atoms with Gasteiger partial charge in [0.05, 0.1) is 49.1 Å². The van der Waals surface area contributed by atoms with E-state index in [1.165, 1.54) is 7.11 Å². The standard InChI is InChI=1S/C36H62N2O11/c1-21-19-25(17-18-39)34(49-36-33(43)31(38(7)8)32(42)24(4)47-36)35(44-9)27(40)20-29(41)45-22(2)13-11-10-12-14-28(21)48-30-16-15-26(37(5)6)23(3)46-30/h10-12,14,18,21-28,30-36,40,42-43H,13,15-17,19-20H2,1-9H3/b11-10+,14-12+/t21-,22-,23-,24-,25+,26+,27-,28+,30?,31+,32-,33-,34+,35+,36+/m1/s1. The zero-order chi connectivity index (χ0) is 36.4. The van der Waals surface area contributed by atoms with Gasteiger partial charge in [-0.25, -0.2) is 0 Å². The SMILES string of the molecule is CO[C@@H]1[C@@H](O[C@@H]2O[C@H](C)[C@@H](O)[C@H](N(C)C)[C@H]2O)[C@@H](CC=O)C[C@@H](C)[C@@H](OC2CC[C@H](N(C)C)[C@@H](C)O2)/C=C/C=C/C[C@@H](C)OC(=O)C[C@H]1O. The van der Waals surface area contributed by atoms with Gasteiger partial charge in [-0.3, -0.25) is 4.79 Å². The molecule has 0 aliphatic carbocycles. The van der Waals surface area contributed by atoms with Gasteiger partial charge in [-0.15, -0.1) is 0 Å². The molecule has 3 aliphatic rings. The minimum atomic E-state index is -1.37. The molecular formula is C36H62N2O11. The van der Waals surface area contributed by atoms with E-state index >= 15 is 0 Å². The Balaban J connectivity index is 2.00. The maximum absolute atomic E-state index is 12.9. The maximum atomic E-state index is 12.9. The third-order valence-corrected chi connectivity index (χ3v) is 10.1. The quantitative estimate of drug-likeness (QED) is 0.238. The lowest BCUT2D eigenvalue weighted by Gasteiger charge is -2.46. The number of aldehydes is 1. The van der Waals surface area contributed by atoms with Gasteiger partial charge in [0.2, 0.25) is 0 Å². The third-order valence-electron chi connectivity index (χ3n) is 10.1. The van der Waals surface area contributed by atoms with E-state index in [1.807, 2.05) is 45.3 Å². The first-order valence-electron chi connectivity index (χ1n) is 17.7. The molecule has 0 spiro atoms. The summed E-state index contributed by atoms with van der Waals surface area (Å²) in [5, 5.41) is 33.6. The summed E-state index contributed by atoms with van der Waals surface area (Å²) in [6.07, 6.45) is 1.58. The number of hydrogen-bond donors (Lipinski definition) is 3. The number of likely N-dealkylation sites (N-methyl/N-ethyl adjacent to an activating group) is 2. The van der Waals surface area contributed by atoms with Crippen molar-refractivity contribution in [2.24, 2.45) is 11.8 Å². The van der Waals surface area contributed by atoms with Gasteiger partial charge in [0, 0.05) is 26.0 Å². The molecule has 0 aromatic carbocycles. The Bertz CT molecular complexity index is 1070. The number of allylic oxidation sites excluding steroid dienone is 2. The third kappa shape index (κ3) is 11.6. The van der Waals surface area contributed by atoms with Gasteiger partial charge in [-0.05, 0) is 80.1 Å². The molecule has 3 heterocycles. The van der Waals surface area contributed by atoms with Crippen molar-refractivity contribution in [2.45, 2.75) is 146 Å². The van der Waals surface area contributed by atoms with Gasteiger partial charge in [-0.2, -0.15) is 0 Å². The van der Waals surface area contributed by atoms with Gasteiger partial charge in [-0.1, -0.05) is 31.2 Å². The summed E-state index contributed by atoms with van der Waals surface area (Å²) in [4.78, 5) is 29.0. The highest BCUT2D eigenvalue weighted by atomic mass is 16.7. The fourth-order valence-corrected chi connectivity index (χ4v) is 7.35. The number of nitrogens with zero attached hydrogens (tertiary/aromatic N) is 2. The first-order chi connectivity index (χ1) is 23.2. The molecule has 1 unspecified atom stereocenters. The summed E-state index contributed by atoms with van der Waals surface area (Å²) in [5.41, 5.74) is 0. The van der Waals surface area contributed by atoms with Gasteiger partial charge >= 0.3 is 5.97 Å². The summed E-state index contributed by atoms with van der Waals surface area (Å²) in [6.45, 7) is 7.53. The lowest BCUT2D eigenvalue weighted by Crippen LogP contribution is -2.63. The molecule has 0 radical (unpaired) electrons. The van der Waals surface area contributed by atoms with Crippen molar-refractivity contribution in [3.05, 3.63) is 24.3 Å². The van der Waals surface area contributed by atoms with E-state index in [1.54, 1.807) is 32.8 Å². The topological polar surface area (TPSA) is 157 Å². The number of hydrogen-bond acceptors (Lipinski definition) is 13. The monoisotopic (exact) mass is 698 g/mol. The Kier molecular flexibility index (Phi) is 16.8. The molecule has 0 aromatic rings. The van der Waals surface area contributed by atoms with Crippen LogP contribution in [0.25, 0.3) is 0 Å². The molecule has 13 nitrogen and oxygen atoms in total. The highest BCUT2D eigenvalue weighted by Crippen LogP contribution is 2.34. The predicted molar refractivity (Wildman–Crippen MR) is 182 cm³/mol. The summed E-state index contributed by atoms with van der Waals surface area (Å²) in [7, 11) is 8.97. The smallest absolute Gasteiger partial charge is 0.308 e. The van der Waals surface area contributed by atoms with Gasteiger partial charge < -0.3 is 58.3 Å². The zero-order valence-electron chi connectivity index (χ0n) is 30.8. The molecular weight excluding hydrogens is 636 g/mol. The molecule has 0 bridgehead atoms. The van der Waals surface area contributed by atoms with Crippen LogP contribution in [0.2, 0.25) is 0 Å². The van der Waals surface area contributed by atoms with E-state index in [9.17, 15) is 24.9 Å². The van der Waals surface area contributed by atoms with E-state index < -0.39 is 79.3 Å². The lowest BCUT2D eigenvalue weighted by atomic mass is 9.82. The highest BCUT2D eigenvalue weighted by Gasteiger charge is 2.48. The second-order valence-corrected chi connectivity index (χ2v) is 14.4. The van der Waals surface area contributed by atoms with Crippen molar-refractivity contribution in [1.82, 2.24) is 9.80 Å². The number of carbonyl (C=O) groups is 2. The minimum Gasteiger partial charge on any atom is -0.462 e. The second kappa shape index (κ2) is 19.7. The Morgan fingerprint density at radius 2 is 1.63 bits per heavy atom. The van der Waals surface area contributed by atoms with Crippen LogP contribution < -0.4 is 0 Å². The van der Waals surface area contributed by atoms with Crippen molar-refractivity contribution >= 4 is 12.3 Å².